The van der Waals surface area contributed by atoms with Gasteiger partial charge in [-0.3, -0.25) is 24.5 Å². The molecule has 0 saturated carbocycles. The Labute approximate surface area is 242 Å². The Bertz CT molecular complexity index is 1710. The number of pyridine rings is 2. The minimum absolute atomic E-state index is 0.103. The van der Waals surface area contributed by atoms with Crippen LogP contribution in [0.25, 0.3) is 22.0 Å². The van der Waals surface area contributed by atoms with E-state index in [0.29, 0.717) is 52.1 Å². The smallest absolute Gasteiger partial charge is 0.305 e. The highest BCUT2D eigenvalue weighted by Gasteiger charge is 2.33. The fourth-order valence-electron chi connectivity index (χ4n) is 4.75. The number of aromatic nitrogens is 2. The lowest BCUT2D eigenvalue weighted by Gasteiger charge is -2.15. The predicted octanol–water partition coefficient (Wildman–Crippen LogP) is 5.68. The molecule has 0 radical (unpaired) electrons. The predicted molar refractivity (Wildman–Crippen MR) is 158 cm³/mol. The second kappa shape index (κ2) is 12.6. The number of benzene rings is 2. The lowest BCUT2D eigenvalue weighted by Crippen LogP contribution is -2.23. The van der Waals surface area contributed by atoms with Gasteiger partial charge in [0.1, 0.15) is 17.4 Å². The summed E-state index contributed by atoms with van der Waals surface area (Å²) < 4.78 is 12.1. The van der Waals surface area contributed by atoms with Gasteiger partial charge >= 0.3 is 5.97 Å². The van der Waals surface area contributed by atoms with Crippen LogP contribution < -0.4 is 10.3 Å². The minimum atomic E-state index is -0.570. The van der Waals surface area contributed by atoms with E-state index in [1.54, 1.807) is 35.2 Å². The van der Waals surface area contributed by atoms with Crippen molar-refractivity contribution in [2.75, 3.05) is 19.5 Å². The number of nitro benzene ring substituents is 1. The summed E-state index contributed by atoms with van der Waals surface area (Å²) in [6.45, 7) is 0.504. The van der Waals surface area contributed by atoms with E-state index in [0.717, 1.165) is 5.03 Å². The zero-order valence-corrected chi connectivity index (χ0v) is 23.7. The van der Waals surface area contributed by atoms with Crippen LogP contribution in [-0.4, -0.2) is 45.7 Å². The Hall–Kier alpha value is -4.16. The highest BCUT2D eigenvalue weighted by atomic mass is 33.1. The third-order valence-electron chi connectivity index (χ3n) is 6.64. The zero-order chi connectivity index (χ0) is 28.9. The van der Waals surface area contributed by atoms with Crippen LogP contribution in [0.5, 0.6) is 5.75 Å². The van der Waals surface area contributed by atoms with Crippen LogP contribution in [0.3, 0.4) is 0 Å². The van der Waals surface area contributed by atoms with Crippen LogP contribution in [0, 0.1) is 10.1 Å². The molecule has 0 spiro atoms. The number of rotatable bonds is 12. The maximum atomic E-state index is 13.6. The Balaban J connectivity index is 1.29. The number of unbranched alkanes of at least 4 members (excludes halogenated alkanes) is 1. The van der Waals surface area contributed by atoms with Gasteiger partial charge < -0.3 is 14.0 Å². The molecule has 10 nitrogen and oxygen atoms in total. The first kappa shape index (κ1) is 28.4. The summed E-state index contributed by atoms with van der Waals surface area (Å²) in [4.78, 5) is 54.5. The van der Waals surface area contributed by atoms with Crippen molar-refractivity contribution in [3.8, 4) is 17.0 Å². The first-order valence-electron chi connectivity index (χ1n) is 12.8. The van der Waals surface area contributed by atoms with Gasteiger partial charge in [-0.15, -0.1) is 0 Å². The lowest BCUT2D eigenvalue weighted by molar-refractivity contribution is -0.384. The second-order valence-corrected chi connectivity index (χ2v) is 11.6. The van der Waals surface area contributed by atoms with E-state index < -0.39 is 10.5 Å². The van der Waals surface area contributed by atoms with Crippen molar-refractivity contribution >= 4 is 49.8 Å². The number of esters is 1. The maximum Gasteiger partial charge on any atom is 0.305 e. The Morgan fingerprint density at radius 1 is 1.05 bits per heavy atom. The highest BCUT2D eigenvalue weighted by Crippen LogP contribution is 2.41. The highest BCUT2D eigenvalue weighted by molar-refractivity contribution is 8.76. The molecule has 2 heterocycles. The van der Waals surface area contributed by atoms with E-state index in [1.165, 1.54) is 40.7 Å². The summed E-state index contributed by atoms with van der Waals surface area (Å²) in [6, 6.07) is 14.7. The minimum Gasteiger partial charge on any atom is -0.497 e. The molecule has 12 heteroatoms. The Morgan fingerprint density at radius 2 is 1.90 bits per heavy atom. The molecule has 2 aromatic carbocycles. The maximum absolute atomic E-state index is 13.6. The molecule has 0 N–H and O–H groups in total. The fraction of sp³-hybridized carbons (Fsp3) is 0.241. The van der Waals surface area contributed by atoms with Crippen LogP contribution in [0.4, 0.5) is 5.69 Å². The number of methoxy groups -OCH3 is 1. The number of non-ortho nitro benzene ring substituents is 1. The average molecular weight is 592 g/mol. The summed E-state index contributed by atoms with van der Waals surface area (Å²) in [6.07, 6.45) is 2.83. The molecular weight excluding hydrogens is 566 g/mol. The molecule has 210 valence electrons. The van der Waals surface area contributed by atoms with Crippen LogP contribution in [-0.2, 0) is 16.1 Å². The number of ketones is 1. The van der Waals surface area contributed by atoms with Gasteiger partial charge in [-0.1, -0.05) is 16.9 Å². The number of nitrogens with zero attached hydrogens (tertiary/aromatic N) is 3. The van der Waals surface area contributed by atoms with E-state index in [2.05, 4.69) is 4.98 Å². The standard InChI is InChI=1S/C29H25N3O7S2/c1-38-19-9-11-21-22(17-19)28(34)26-20-10-8-18(32(36)37)16-23(20)29(35)31(27(21)26)13-5-3-7-25(33)39-14-15-40-41-24-6-2-4-12-30-24/h2,4,6,8-12,16-17H,3,5,7,13-15H2,1H3. The number of ether oxygens (including phenoxy) is 2. The first-order chi connectivity index (χ1) is 19.9. The molecule has 0 amide bonds. The molecular formula is C29H25N3O7S2. The van der Waals surface area contributed by atoms with Gasteiger partial charge in [-0.25, -0.2) is 4.98 Å². The summed E-state index contributed by atoms with van der Waals surface area (Å²) in [5.74, 6) is 0.526. The topological polar surface area (TPSA) is 131 Å². The SMILES string of the molecule is COc1ccc2c(c1)C(=O)c1c-2n(CCCCC(=O)OCCSSc2ccccn2)c(=O)c2cc([N+](=O)[O-])ccc12. The van der Waals surface area contributed by atoms with Gasteiger partial charge in [-0.05, 0) is 60.0 Å². The number of hydrogen-bond acceptors (Lipinski definition) is 10. The molecule has 0 atom stereocenters. The lowest BCUT2D eigenvalue weighted by atomic mass is 10.0. The van der Waals surface area contributed by atoms with Crippen molar-refractivity contribution in [2.45, 2.75) is 30.8 Å². The molecule has 0 aliphatic heterocycles. The molecule has 1 aliphatic carbocycles. The Morgan fingerprint density at radius 3 is 2.66 bits per heavy atom. The number of hydrogen-bond donors (Lipinski definition) is 0. The van der Waals surface area contributed by atoms with Crippen LogP contribution >= 0.6 is 21.6 Å². The van der Waals surface area contributed by atoms with Crippen molar-refractivity contribution in [1.29, 1.82) is 0 Å². The molecule has 1 aliphatic rings. The number of carbonyl (C=O) groups excluding carboxylic acids is 2. The number of nitro groups is 1. The van der Waals surface area contributed by atoms with Gasteiger partial charge in [0.05, 0.1) is 28.7 Å². The molecule has 4 aromatic rings. The largest absolute Gasteiger partial charge is 0.497 e. The van der Waals surface area contributed by atoms with E-state index in [-0.39, 0.29) is 42.4 Å². The van der Waals surface area contributed by atoms with Crippen molar-refractivity contribution in [1.82, 2.24) is 9.55 Å². The van der Waals surface area contributed by atoms with E-state index in [4.69, 9.17) is 9.47 Å². The van der Waals surface area contributed by atoms with E-state index in [1.807, 2.05) is 18.2 Å². The van der Waals surface area contributed by atoms with Crippen LogP contribution in [0.2, 0.25) is 0 Å². The van der Waals surface area contributed by atoms with Gasteiger partial charge in [0.15, 0.2) is 5.78 Å². The van der Waals surface area contributed by atoms with Gasteiger partial charge in [0.2, 0.25) is 0 Å². The Kier molecular flexibility index (Phi) is 8.70. The fourth-order valence-corrected chi connectivity index (χ4v) is 6.46. The van der Waals surface area contributed by atoms with Crippen molar-refractivity contribution in [3.05, 3.63) is 92.4 Å². The second-order valence-electron chi connectivity index (χ2n) is 9.16. The number of carbonyl (C=O) groups is 2. The molecule has 5 rings (SSSR count). The summed E-state index contributed by atoms with van der Waals surface area (Å²) in [5.41, 5.74) is 1.15. The van der Waals surface area contributed by atoms with Crippen molar-refractivity contribution < 1.29 is 24.0 Å². The third kappa shape index (κ3) is 5.98. The molecule has 0 saturated heterocycles. The van der Waals surface area contributed by atoms with Crippen molar-refractivity contribution in [3.63, 3.8) is 0 Å². The quantitative estimate of drug-likeness (QED) is 0.0587. The van der Waals surface area contributed by atoms with Gasteiger partial charge in [-0.2, -0.15) is 0 Å². The van der Waals surface area contributed by atoms with Crippen molar-refractivity contribution in [2.24, 2.45) is 0 Å². The molecule has 2 aromatic heterocycles. The van der Waals surface area contributed by atoms with Gasteiger partial charge in [0, 0.05) is 53.6 Å². The molecule has 41 heavy (non-hydrogen) atoms. The average Bonchev–Trinajstić information content (AvgIpc) is 3.28. The van der Waals surface area contributed by atoms with Crippen LogP contribution in [0.15, 0.2) is 70.6 Å². The third-order valence-corrected chi connectivity index (χ3v) is 8.87. The zero-order valence-electron chi connectivity index (χ0n) is 22.0. The van der Waals surface area contributed by atoms with Crippen LogP contribution in [0.1, 0.15) is 35.2 Å². The summed E-state index contributed by atoms with van der Waals surface area (Å²) >= 11 is 0. The molecule has 0 bridgehead atoms. The monoisotopic (exact) mass is 591 g/mol. The molecule has 0 fully saturated rings. The van der Waals surface area contributed by atoms with E-state index in [9.17, 15) is 24.5 Å². The normalized spacial score (nSPS) is 11.8. The summed E-state index contributed by atoms with van der Waals surface area (Å²) in [7, 11) is 4.57. The molecule has 0 unspecified atom stereocenters. The van der Waals surface area contributed by atoms with Gasteiger partial charge in [0.25, 0.3) is 11.2 Å². The summed E-state index contributed by atoms with van der Waals surface area (Å²) in [5, 5.41) is 12.8. The number of fused-ring (bicyclic) bond motifs is 5. The first-order valence-corrected chi connectivity index (χ1v) is 15.1. The van der Waals surface area contributed by atoms with E-state index >= 15 is 0 Å².